The fraction of sp³-hybridized carbons (Fsp3) is 0.500. The zero-order chi connectivity index (χ0) is 13.2. The smallest absolute Gasteiger partial charge is 0.254 e. The fourth-order valence-electron chi connectivity index (χ4n) is 2.63. The molecule has 5 nitrogen and oxygen atoms in total. The van der Waals surface area contributed by atoms with Crippen molar-refractivity contribution in [2.45, 2.75) is 12.5 Å². The first-order valence-corrected chi connectivity index (χ1v) is 6.66. The molecule has 5 heteroatoms. The van der Waals surface area contributed by atoms with E-state index in [9.17, 15) is 4.79 Å². The maximum absolute atomic E-state index is 12.4. The molecule has 2 aliphatic heterocycles. The Morgan fingerprint density at radius 3 is 3.26 bits per heavy atom. The monoisotopic (exact) mass is 262 g/mol. The van der Waals surface area contributed by atoms with Crippen molar-refractivity contribution in [3.05, 3.63) is 29.3 Å². The van der Waals surface area contributed by atoms with Gasteiger partial charge < -0.3 is 20.1 Å². The van der Waals surface area contributed by atoms with Gasteiger partial charge in [0.25, 0.3) is 5.91 Å². The van der Waals surface area contributed by atoms with Crippen molar-refractivity contribution in [3.8, 4) is 0 Å². The summed E-state index contributed by atoms with van der Waals surface area (Å²) in [6, 6.07) is 5.81. The van der Waals surface area contributed by atoms with Crippen molar-refractivity contribution >= 4 is 11.6 Å². The van der Waals surface area contributed by atoms with Crippen LogP contribution in [0, 0.1) is 0 Å². The number of rotatable bonds is 2. The Balaban J connectivity index is 1.76. The average molecular weight is 262 g/mol. The molecule has 0 bridgehead atoms. The van der Waals surface area contributed by atoms with Crippen molar-refractivity contribution < 1.29 is 14.6 Å². The number of amides is 1. The lowest BCUT2D eigenvalue weighted by molar-refractivity contribution is -0.0447. The number of nitrogens with one attached hydrogen (secondary N) is 1. The average Bonchev–Trinajstić information content (AvgIpc) is 2.94. The van der Waals surface area contributed by atoms with Gasteiger partial charge in [-0.1, -0.05) is 0 Å². The lowest BCUT2D eigenvalue weighted by Crippen LogP contribution is -2.46. The molecule has 1 aromatic rings. The van der Waals surface area contributed by atoms with Crippen LogP contribution in [0.25, 0.3) is 0 Å². The number of anilines is 1. The van der Waals surface area contributed by atoms with Crippen molar-refractivity contribution in [1.29, 1.82) is 0 Å². The van der Waals surface area contributed by atoms with E-state index in [-0.39, 0.29) is 18.6 Å². The molecule has 2 heterocycles. The highest BCUT2D eigenvalue weighted by atomic mass is 16.5. The van der Waals surface area contributed by atoms with Crippen molar-refractivity contribution in [3.63, 3.8) is 0 Å². The molecule has 1 aromatic carbocycles. The molecular formula is C14H18N2O3. The summed E-state index contributed by atoms with van der Waals surface area (Å²) in [6.07, 6.45) is 0.715. The lowest BCUT2D eigenvalue weighted by Gasteiger charge is -2.32. The van der Waals surface area contributed by atoms with Crippen LogP contribution in [0.3, 0.4) is 0 Å². The first kappa shape index (κ1) is 12.4. The molecule has 102 valence electrons. The molecule has 2 N–H and O–H groups in total. The summed E-state index contributed by atoms with van der Waals surface area (Å²) in [4.78, 5) is 14.2. The van der Waals surface area contributed by atoms with E-state index in [0.717, 1.165) is 24.2 Å². The standard InChI is InChI=1S/C14H18N2O3/c17-9-12-8-16(5-6-19-12)14(18)11-1-2-13-10(7-11)3-4-15-13/h1-2,7,12,15,17H,3-6,8-9H2. The molecule has 1 saturated heterocycles. The quantitative estimate of drug-likeness (QED) is 0.814. The van der Waals surface area contributed by atoms with E-state index in [2.05, 4.69) is 5.32 Å². The van der Waals surface area contributed by atoms with Gasteiger partial charge in [-0.25, -0.2) is 0 Å². The number of morpholine rings is 1. The molecule has 0 aliphatic carbocycles. The second-order valence-corrected chi connectivity index (χ2v) is 4.98. The summed E-state index contributed by atoms with van der Waals surface area (Å²) in [5, 5.41) is 12.4. The Morgan fingerprint density at radius 2 is 2.42 bits per heavy atom. The Hall–Kier alpha value is -1.59. The number of fused-ring (bicyclic) bond motifs is 1. The molecule has 0 saturated carbocycles. The Labute approximate surface area is 112 Å². The minimum Gasteiger partial charge on any atom is -0.394 e. The summed E-state index contributed by atoms with van der Waals surface area (Å²) in [5.41, 5.74) is 3.06. The molecule has 1 unspecified atom stereocenters. The lowest BCUT2D eigenvalue weighted by atomic mass is 10.1. The van der Waals surface area contributed by atoms with E-state index < -0.39 is 0 Å². The molecule has 2 aliphatic rings. The fourth-order valence-corrected chi connectivity index (χ4v) is 2.63. The van der Waals surface area contributed by atoms with Crippen LogP contribution in [-0.2, 0) is 11.2 Å². The van der Waals surface area contributed by atoms with Gasteiger partial charge in [-0.2, -0.15) is 0 Å². The molecule has 19 heavy (non-hydrogen) atoms. The predicted molar refractivity (Wildman–Crippen MR) is 71.4 cm³/mol. The van der Waals surface area contributed by atoms with E-state index in [1.54, 1.807) is 4.90 Å². The van der Waals surface area contributed by atoms with Crippen LogP contribution < -0.4 is 5.32 Å². The normalized spacial score (nSPS) is 21.9. The van der Waals surface area contributed by atoms with E-state index >= 15 is 0 Å². The summed E-state index contributed by atoms with van der Waals surface area (Å²) < 4.78 is 5.36. The Kier molecular flexibility index (Phi) is 3.40. The van der Waals surface area contributed by atoms with Crippen LogP contribution in [0.1, 0.15) is 15.9 Å². The van der Waals surface area contributed by atoms with Crippen LogP contribution in [0.2, 0.25) is 0 Å². The third-order valence-electron chi connectivity index (χ3n) is 3.69. The van der Waals surface area contributed by atoms with Crippen LogP contribution in [0.15, 0.2) is 18.2 Å². The molecular weight excluding hydrogens is 244 g/mol. The summed E-state index contributed by atoms with van der Waals surface area (Å²) in [5.74, 6) is 0.0245. The van der Waals surface area contributed by atoms with Gasteiger partial charge in [-0.05, 0) is 30.2 Å². The van der Waals surface area contributed by atoms with Crippen molar-refractivity contribution in [2.75, 3.05) is 38.2 Å². The Morgan fingerprint density at radius 1 is 1.53 bits per heavy atom. The largest absolute Gasteiger partial charge is 0.394 e. The molecule has 3 rings (SSSR count). The highest BCUT2D eigenvalue weighted by Gasteiger charge is 2.25. The molecule has 0 radical (unpaired) electrons. The molecule has 0 aromatic heterocycles. The molecule has 0 spiro atoms. The number of benzene rings is 1. The number of aliphatic hydroxyl groups is 1. The van der Waals surface area contributed by atoms with E-state index in [1.807, 2.05) is 18.2 Å². The Bertz CT molecular complexity index is 490. The number of ether oxygens (including phenoxy) is 1. The van der Waals surface area contributed by atoms with Gasteiger partial charge in [-0.3, -0.25) is 4.79 Å². The first-order valence-electron chi connectivity index (χ1n) is 6.66. The zero-order valence-corrected chi connectivity index (χ0v) is 10.8. The van der Waals surface area contributed by atoms with Crippen LogP contribution >= 0.6 is 0 Å². The van der Waals surface area contributed by atoms with Crippen LogP contribution in [-0.4, -0.2) is 54.9 Å². The molecule has 1 atom stereocenters. The van der Waals surface area contributed by atoms with Crippen LogP contribution in [0.5, 0.6) is 0 Å². The zero-order valence-electron chi connectivity index (χ0n) is 10.8. The minimum atomic E-state index is -0.256. The van der Waals surface area contributed by atoms with E-state index in [4.69, 9.17) is 9.84 Å². The second-order valence-electron chi connectivity index (χ2n) is 4.98. The van der Waals surface area contributed by atoms with Gasteiger partial charge in [0.15, 0.2) is 0 Å². The van der Waals surface area contributed by atoms with Gasteiger partial charge in [0.1, 0.15) is 0 Å². The van der Waals surface area contributed by atoms with Crippen molar-refractivity contribution in [2.24, 2.45) is 0 Å². The van der Waals surface area contributed by atoms with E-state index in [0.29, 0.717) is 19.7 Å². The van der Waals surface area contributed by atoms with Crippen LogP contribution in [0.4, 0.5) is 5.69 Å². The summed E-state index contributed by atoms with van der Waals surface area (Å²) in [6.45, 7) is 2.44. The van der Waals surface area contributed by atoms with Gasteiger partial charge in [0.2, 0.25) is 0 Å². The number of nitrogens with zero attached hydrogens (tertiary/aromatic N) is 1. The minimum absolute atomic E-state index is 0.0245. The van der Waals surface area contributed by atoms with Gasteiger partial charge >= 0.3 is 0 Å². The highest BCUT2D eigenvalue weighted by molar-refractivity contribution is 5.95. The van der Waals surface area contributed by atoms with Gasteiger partial charge in [0, 0.05) is 30.9 Å². The highest BCUT2D eigenvalue weighted by Crippen LogP contribution is 2.24. The number of carbonyl (C=O) groups excluding carboxylic acids is 1. The number of hydrogen-bond acceptors (Lipinski definition) is 4. The second kappa shape index (κ2) is 5.19. The summed E-state index contributed by atoms with van der Waals surface area (Å²) >= 11 is 0. The SMILES string of the molecule is O=C(c1ccc2c(c1)CCN2)N1CCOC(CO)C1. The predicted octanol–water partition coefficient (Wildman–Crippen LogP) is 0.488. The number of aliphatic hydroxyl groups excluding tert-OH is 1. The molecule has 1 fully saturated rings. The number of hydrogen-bond donors (Lipinski definition) is 2. The third kappa shape index (κ3) is 2.43. The number of carbonyl (C=O) groups is 1. The topological polar surface area (TPSA) is 61.8 Å². The van der Waals surface area contributed by atoms with Crippen molar-refractivity contribution in [1.82, 2.24) is 4.90 Å². The maximum atomic E-state index is 12.4. The third-order valence-corrected chi connectivity index (χ3v) is 3.69. The summed E-state index contributed by atoms with van der Waals surface area (Å²) in [7, 11) is 0. The first-order chi connectivity index (χ1) is 9.28. The molecule has 1 amide bonds. The van der Waals surface area contributed by atoms with Gasteiger partial charge in [0.05, 0.1) is 19.3 Å². The van der Waals surface area contributed by atoms with Gasteiger partial charge in [-0.15, -0.1) is 0 Å². The van der Waals surface area contributed by atoms with E-state index in [1.165, 1.54) is 5.56 Å². The maximum Gasteiger partial charge on any atom is 0.254 e.